The molecule has 1 aliphatic heterocycles. The fourth-order valence-electron chi connectivity index (χ4n) is 2.10. The number of hydrogen-bond acceptors (Lipinski definition) is 3. The Labute approximate surface area is 114 Å². The van der Waals surface area contributed by atoms with Crippen LogP contribution in [0.15, 0.2) is 0 Å². The van der Waals surface area contributed by atoms with E-state index in [9.17, 15) is 9.59 Å². The Morgan fingerprint density at radius 3 is 2.84 bits per heavy atom. The number of nitrogens with one attached hydrogen (secondary N) is 2. The summed E-state index contributed by atoms with van der Waals surface area (Å²) in [6.07, 6.45) is 2.68. The van der Waals surface area contributed by atoms with Gasteiger partial charge in [-0.2, -0.15) is 0 Å². The Bertz CT molecular complexity index is 289. The number of amides is 2. The van der Waals surface area contributed by atoms with E-state index in [-0.39, 0.29) is 12.5 Å². The quantitative estimate of drug-likeness (QED) is 0.670. The number of carboxylic acids is 1. The molecule has 3 N–H and O–H groups in total. The number of nitrogens with zero attached hydrogens (tertiary/aromatic N) is 1. The van der Waals surface area contributed by atoms with Crippen LogP contribution in [0.1, 0.15) is 32.6 Å². The summed E-state index contributed by atoms with van der Waals surface area (Å²) in [5, 5.41) is 14.8. The van der Waals surface area contributed by atoms with Crippen LogP contribution in [0.2, 0.25) is 0 Å². The third-order valence-electron chi connectivity index (χ3n) is 3.39. The summed E-state index contributed by atoms with van der Waals surface area (Å²) in [7, 11) is 0. The number of carboxylic acid groups (broad SMARTS) is 1. The van der Waals surface area contributed by atoms with Crippen molar-refractivity contribution in [2.45, 2.75) is 32.6 Å². The minimum absolute atomic E-state index is 0.00543. The molecule has 0 radical (unpaired) electrons. The SMILES string of the molecule is CC(CCNC(=O)N1CCCNCC1)CCC(=O)O. The topological polar surface area (TPSA) is 81.7 Å². The van der Waals surface area contributed by atoms with Gasteiger partial charge >= 0.3 is 12.0 Å². The van der Waals surface area contributed by atoms with Crippen LogP contribution in [-0.2, 0) is 4.79 Å². The highest BCUT2D eigenvalue weighted by atomic mass is 16.4. The number of carbonyl (C=O) groups is 2. The van der Waals surface area contributed by atoms with Crippen molar-refractivity contribution < 1.29 is 14.7 Å². The fourth-order valence-corrected chi connectivity index (χ4v) is 2.10. The lowest BCUT2D eigenvalue weighted by atomic mass is 10.0. The van der Waals surface area contributed by atoms with E-state index in [1.165, 1.54) is 0 Å². The summed E-state index contributed by atoms with van der Waals surface area (Å²) in [4.78, 5) is 24.2. The summed E-state index contributed by atoms with van der Waals surface area (Å²) in [6.45, 7) is 6.00. The second-order valence-electron chi connectivity index (χ2n) is 5.15. The third-order valence-corrected chi connectivity index (χ3v) is 3.39. The van der Waals surface area contributed by atoms with E-state index >= 15 is 0 Å². The van der Waals surface area contributed by atoms with Crippen molar-refractivity contribution in [2.75, 3.05) is 32.7 Å². The van der Waals surface area contributed by atoms with Crippen molar-refractivity contribution in [3.8, 4) is 0 Å². The molecule has 0 bridgehead atoms. The Morgan fingerprint density at radius 2 is 2.11 bits per heavy atom. The monoisotopic (exact) mass is 271 g/mol. The predicted molar refractivity (Wildman–Crippen MR) is 73.1 cm³/mol. The molecular formula is C13H25N3O3. The second kappa shape index (κ2) is 8.74. The molecule has 110 valence electrons. The first-order chi connectivity index (χ1) is 9.09. The van der Waals surface area contributed by atoms with Crippen LogP contribution in [-0.4, -0.2) is 54.7 Å². The predicted octanol–water partition coefficient (Wildman–Crippen LogP) is 0.882. The highest BCUT2D eigenvalue weighted by Gasteiger charge is 2.14. The molecule has 0 saturated carbocycles. The normalized spacial score (nSPS) is 17.6. The van der Waals surface area contributed by atoms with Gasteiger partial charge in [-0.3, -0.25) is 4.79 Å². The Balaban J connectivity index is 2.13. The van der Waals surface area contributed by atoms with Crippen LogP contribution >= 0.6 is 0 Å². The molecule has 1 fully saturated rings. The Morgan fingerprint density at radius 1 is 1.32 bits per heavy atom. The first-order valence-electron chi connectivity index (χ1n) is 7.05. The summed E-state index contributed by atoms with van der Waals surface area (Å²) >= 11 is 0. The Hall–Kier alpha value is -1.30. The summed E-state index contributed by atoms with van der Waals surface area (Å²) in [5.41, 5.74) is 0. The number of rotatable bonds is 6. The zero-order chi connectivity index (χ0) is 14.1. The summed E-state index contributed by atoms with van der Waals surface area (Å²) in [6, 6.07) is -0.00543. The molecule has 0 aromatic carbocycles. The molecule has 0 aromatic heterocycles. The zero-order valence-electron chi connectivity index (χ0n) is 11.7. The van der Waals surface area contributed by atoms with Gasteiger partial charge in [0, 0.05) is 32.6 Å². The van der Waals surface area contributed by atoms with Gasteiger partial charge in [-0.15, -0.1) is 0 Å². The van der Waals surface area contributed by atoms with Crippen molar-refractivity contribution in [2.24, 2.45) is 5.92 Å². The van der Waals surface area contributed by atoms with Crippen molar-refractivity contribution in [1.82, 2.24) is 15.5 Å². The first kappa shape index (κ1) is 15.8. The van der Waals surface area contributed by atoms with E-state index in [1.807, 2.05) is 11.8 Å². The average Bonchev–Trinajstić information content (AvgIpc) is 2.65. The van der Waals surface area contributed by atoms with Crippen LogP contribution in [0.25, 0.3) is 0 Å². The molecular weight excluding hydrogens is 246 g/mol. The molecule has 1 rings (SSSR count). The van der Waals surface area contributed by atoms with Gasteiger partial charge in [0.1, 0.15) is 0 Å². The van der Waals surface area contributed by atoms with E-state index in [2.05, 4.69) is 10.6 Å². The molecule has 6 heteroatoms. The van der Waals surface area contributed by atoms with Gasteiger partial charge in [0.15, 0.2) is 0 Å². The van der Waals surface area contributed by atoms with Gasteiger partial charge in [0.25, 0.3) is 0 Å². The molecule has 1 saturated heterocycles. The maximum Gasteiger partial charge on any atom is 0.317 e. The van der Waals surface area contributed by atoms with E-state index in [1.54, 1.807) is 0 Å². The Kier molecular flexibility index (Phi) is 7.25. The number of urea groups is 1. The average molecular weight is 271 g/mol. The highest BCUT2D eigenvalue weighted by molar-refractivity contribution is 5.74. The second-order valence-corrected chi connectivity index (χ2v) is 5.15. The smallest absolute Gasteiger partial charge is 0.317 e. The molecule has 1 atom stereocenters. The van der Waals surface area contributed by atoms with Gasteiger partial charge in [-0.25, -0.2) is 4.79 Å². The number of carbonyl (C=O) groups excluding carboxylic acids is 1. The molecule has 0 aliphatic carbocycles. The lowest BCUT2D eigenvalue weighted by molar-refractivity contribution is -0.137. The number of aliphatic carboxylic acids is 1. The van der Waals surface area contributed by atoms with Crippen molar-refractivity contribution in [3.05, 3.63) is 0 Å². The van der Waals surface area contributed by atoms with Crippen LogP contribution in [0.3, 0.4) is 0 Å². The largest absolute Gasteiger partial charge is 0.481 e. The minimum Gasteiger partial charge on any atom is -0.481 e. The molecule has 1 aliphatic rings. The maximum atomic E-state index is 11.9. The fraction of sp³-hybridized carbons (Fsp3) is 0.846. The van der Waals surface area contributed by atoms with Gasteiger partial charge in [-0.05, 0) is 31.7 Å². The van der Waals surface area contributed by atoms with Crippen molar-refractivity contribution in [3.63, 3.8) is 0 Å². The van der Waals surface area contributed by atoms with Gasteiger partial charge in [0.2, 0.25) is 0 Å². The van der Waals surface area contributed by atoms with Crippen LogP contribution in [0.4, 0.5) is 4.79 Å². The van der Waals surface area contributed by atoms with Crippen LogP contribution < -0.4 is 10.6 Å². The van der Waals surface area contributed by atoms with E-state index in [0.717, 1.165) is 39.0 Å². The lowest BCUT2D eigenvalue weighted by Gasteiger charge is -2.21. The molecule has 2 amide bonds. The first-order valence-corrected chi connectivity index (χ1v) is 7.05. The van der Waals surface area contributed by atoms with Gasteiger partial charge < -0.3 is 20.6 Å². The number of hydrogen-bond donors (Lipinski definition) is 3. The highest BCUT2D eigenvalue weighted by Crippen LogP contribution is 2.09. The third kappa shape index (κ3) is 7.00. The van der Waals surface area contributed by atoms with E-state index < -0.39 is 5.97 Å². The molecule has 0 spiro atoms. The zero-order valence-corrected chi connectivity index (χ0v) is 11.7. The standard InChI is InChI=1S/C13H25N3O3/c1-11(3-4-12(17)18)5-7-15-13(19)16-9-2-6-14-8-10-16/h11,14H,2-10H2,1H3,(H,15,19)(H,17,18). The molecule has 6 nitrogen and oxygen atoms in total. The minimum atomic E-state index is -0.757. The van der Waals surface area contributed by atoms with Gasteiger partial charge in [-0.1, -0.05) is 6.92 Å². The van der Waals surface area contributed by atoms with E-state index in [4.69, 9.17) is 5.11 Å². The van der Waals surface area contributed by atoms with Gasteiger partial charge in [0.05, 0.1) is 0 Å². The molecule has 1 heterocycles. The van der Waals surface area contributed by atoms with Crippen molar-refractivity contribution >= 4 is 12.0 Å². The van der Waals surface area contributed by atoms with Crippen LogP contribution in [0, 0.1) is 5.92 Å². The summed E-state index contributed by atoms with van der Waals surface area (Å²) in [5.74, 6) is -0.435. The van der Waals surface area contributed by atoms with Crippen molar-refractivity contribution in [1.29, 1.82) is 0 Å². The molecule has 19 heavy (non-hydrogen) atoms. The van der Waals surface area contributed by atoms with Crippen LogP contribution in [0.5, 0.6) is 0 Å². The maximum absolute atomic E-state index is 11.9. The lowest BCUT2D eigenvalue weighted by Crippen LogP contribution is -2.42. The summed E-state index contributed by atoms with van der Waals surface area (Å²) < 4.78 is 0. The molecule has 0 aromatic rings. The molecule has 1 unspecified atom stereocenters. The van der Waals surface area contributed by atoms with E-state index in [0.29, 0.717) is 18.9 Å².